The molecule has 0 aliphatic carbocycles. The molecule has 1 aromatic carbocycles. The van der Waals surface area contributed by atoms with Crippen LogP contribution in [0.5, 0.6) is 11.6 Å². The predicted molar refractivity (Wildman–Crippen MR) is 61.8 cm³/mol. The fourth-order valence-corrected chi connectivity index (χ4v) is 1.35. The first kappa shape index (κ1) is 11.5. The van der Waals surface area contributed by atoms with Crippen LogP contribution in [-0.2, 0) is 0 Å². The van der Waals surface area contributed by atoms with E-state index in [4.69, 9.17) is 15.7 Å². The molecule has 0 saturated heterocycles. The summed E-state index contributed by atoms with van der Waals surface area (Å²) in [6.07, 6.45) is 2.87. The fourth-order valence-electron chi connectivity index (χ4n) is 1.35. The summed E-state index contributed by atoms with van der Waals surface area (Å²) in [5, 5.41) is 8.83. The molecule has 0 aliphatic rings. The summed E-state index contributed by atoms with van der Waals surface area (Å²) in [7, 11) is 0. The van der Waals surface area contributed by atoms with Gasteiger partial charge in [-0.3, -0.25) is 4.79 Å². The molecule has 88 valence electrons. The van der Waals surface area contributed by atoms with Crippen molar-refractivity contribution in [2.24, 2.45) is 5.73 Å². The number of nitrogens with zero attached hydrogens (tertiary/aromatic N) is 3. The van der Waals surface area contributed by atoms with Crippen molar-refractivity contribution in [2.75, 3.05) is 0 Å². The quantitative estimate of drug-likeness (QED) is 0.869. The molecule has 1 aromatic heterocycles. The van der Waals surface area contributed by atoms with Gasteiger partial charge in [-0.05, 0) is 18.2 Å². The van der Waals surface area contributed by atoms with Crippen molar-refractivity contribution in [1.82, 2.24) is 9.97 Å². The summed E-state index contributed by atoms with van der Waals surface area (Å²) in [5.41, 5.74) is 5.50. The van der Waals surface area contributed by atoms with E-state index in [1.165, 1.54) is 24.7 Å². The Morgan fingerprint density at radius 1 is 1.39 bits per heavy atom. The molecule has 0 fully saturated rings. The van der Waals surface area contributed by atoms with Gasteiger partial charge in [-0.2, -0.15) is 5.26 Å². The maximum absolute atomic E-state index is 11.2. The van der Waals surface area contributed by atoms with Crippen molar-refractivity contribution < 1.29 is 9.53 Å². The first-order valence-corrected chi connectivity index (χ1v) is 4.98. The summed E-state index contributed by atoms with van der Waals surface area (Å²) in [4.78, 5) is 18.8. The van der Waals surface area contributed by atoms with Crippen LogP contribution < -0.4 is 10.5 Å². The zero-order valence-electron chi connectivity index (χ0n) is 9.20. The highest BCUT2D eigenvalue weighted by molar-refractivity contribution is 5.95. The van der Waals surface area contributed by atoms with Crippen LogP contribution in [0.4, 0.5) is 0 Å². The van der Waals surface area contributed by atoms with E-state index in [0.29, 0.717) is 11.6 Å². The van der Waals surface area contributed by atoms with Gasteiger partial charge in [-0.1, -0.05) is 0 Å². The number of aromatic nitrogens is 2. The zero-order valence-corrected chi connectivity index (χ0v) is 9.20. The molecule has 0 radical (unpaired) electrons. The van der Waals surface area contributed by atoms with Gasteiger partial charge in [0.05, 0.1) is 17.2 Å². The van der Waals surface area contributed by atoms with Gasteiger partial charge in [0.25, 0.3) is 0 Å². The third-order valence-corrected chi connectivity index (χ3v) is 2.15. The van der Waals surface area contributed by atoms with E-state index in [1.807, 2.05) is 6.07 Å². The molecule has 0 atom stereocenters. The maximum Gasteiger partial charge on any atom is 0.250 e. The van der Waals surface area contributed by atoms with Crippen molar-refractivity contribution in [3.63, 3.8) is 0 Å². The van der Waals surface area contributed by atoms with E-state index in [2.05, 4.69) is 9.97 Å². The summed E-state index contributed by atoms with van der Waals surface area (Å²) in [6.45, 7) is 0. The highest BCUT2D eigenvalue weighted by atomic mass is 16.5. The van der Waals surface area contributed by atoms with Gasteiger partial charge < -0.3 is 10.5 Å². The zero-order chi connectivity index (χ0) is 13.0. The van der Waals surface area contributed by atoms with Gasteiger partial charge >= 0.3 is 0 Å². The van der Waals surface area contributed by atoms with Gasteiger partial charge in [0, 0.05) is 12.3 Å². The second kappa shape index (κ2) is 4.93. The Balaban J connectivity index is 2.34. The molecular formula is C12H8N4O2. The molecule has 6 heteroatoms. The molecule has 18 heavy (non-hydrogen) atoms. The molecule has 0 bridgehead atoms. The molecule has 1 amide bonds. The van der Waals surface area contributed by atoms with Crippen molar-refractivity contribution in [1.29, 1.82) is 5.26 Å². The van der Waals surface area contributed by atoms with Gasteiger partial charge in [0.15, 0.2) is 0 Å². The van der Waals surface area contributed by atoms with Gasteiger partial charge in [-0.25, -0.2) is 9.97 Å². The molecule has 0 spiro atoms. The number of rotatable bonds is 3. The molecule has 2 aromatic rings. The molecule has 2 N–H and O–H groups in total. The van der Waals surface area contributed by atoms with Crippen LogP contribution in [0.2, 0.25) is 0 Å². The minimum Gasteiger partial charge on any atom is -0.439 e. The molecule has 0 aliphatic heterocycles. The molecular weight excluding hydrogens is 232 g/mol. The van der Waals surface area contributed by atoms with Crippen LogP contribution in [0, 0.1) is 11.3 Å². The molecule has 6 nitrogen and oxygen atoms in total. The number of amides is 1. The van der Waals surface area contributed by atoms with Gasteiger partial charge in [-0.15, -0.1) is 0 Å². The number of benzene rings is 1. The Bertz CT molecular complexity index is 620. The van der Waals surface area contributed by atoms with Crippen LogP contribution in [0.3, 0.4) is 0 Å². The number of hydrogen-bond donors (Lipinski definition) is 1. The second-order valence-corrected chi connectivity index (χ2v) is 3.33. The Morgan fingerprint density at radius 3 is 2.83 bits per heavy atom. The van der Waals surface area contributed by atoms with Crippen molar-refractivity contribution in [3.8, 4) is 17.7 Å². The van der Waals surface area contributed by atoms with Crippen LogP contribution in [-0.4, -0.2) is 15.9 Å². The monoisotopic (exact) mass is 240 g/mol. The minimum atomic E-state index is -0.681. The van der Waals surface area contributed by atoms with Gasteiger partial charge in [0.2, 0.25) is 11.8 Å². The summed E-state index contributed by atoms with van der Waals surface area (Å²) >= 11 is 0. The normalized spacial score (nSPS) is 9.50. The smallest absolute Gasteiger partial charge is 0.250 e. The Labute approximate surface area is 103 Å². The van der Waals surface area contributed by atoms with Crippen LogP contribution in [0.25, 0.3) is 0 Å². The highest BCUT2D eigenvalue weighted by Crippen LogP contribution is 2.21. The standard InChI is InChI=1S/C12H8N4O2/c13-6-8-1-2-9(5-10(8)12(14)17)18-11-3-4-15-7-16-11/h1-5,7H,(H2,14,17). The molecule has 1 heterocycles. The number of carbonyl (C=O) groups is 1. The van der Waals surface area contributed by atoms with Crippen LogP contribution >= 0.6 is 0 Å². The fraction of sp³-hybridized carbons (Fsp3) is 0. The van der Waals surface area contributed by atoms with Crippen LogP contribution in [0.15, 0.2) is 36.8 Å². The summed E-state index contributed by atoms with van der Waals surface area (Å²) < 4.78 is 5.40. The SMILES string of the molecule is N#Cc1ccc(Oc2ccncn2)cc1C(N)=O. The number of nitrogens with two attached hydrogens (primary N) is 1. The highest BCUT2D eigenvalue weighted by Gasteiger charge is 2.10. The van der Waals surface area contributed by atoms with Crippen molar-refractivity contribution in [3.05, 3.63) is 47.9 Å². The third-order valence-electron chi connectivity index (χ3n) is 2.15. The molecule has 0 saturated carbocycles. The van der Waals surface area contributed by atoms with E-state index in [9.17, 15) is 4.79 Å². The molecule has 2 rings (SSSR count). The minimum absolute atomic E-state index is 0.115. The van der Waals surface area contributed by atoms with Crippen molar-refractivity contribution in [2.45, 2.75) is 0 Å². The van der Waals surface area contributed by atoms with E-state index in [0.717, 1.165) is 0 Å². The number of ether oxygens (including phenoxy) is 1. The summed E-state index contributed by atoms with van der Waals surface area (Å²) in [5.74, 6) is 0.0336. The second-order valence-electron chi connectivity index (χ2n) is 3.33. The molecule has 0 unspecified atom stereocenters. The maximum atomic E-state index is 11.2. The van der Waals surface area contributed by atoms with E-state index >= 15 is 0 Å². The predicted octanol–water partition coefficient (Wildman–Crippen LogP) is 1.24. The lowest BCUT2D eigenvalue weighted by molar-refractivity contribution is 0.0999. The Hall–Kier alpha value is -2.94. The number of nitriles is 1. The number of primary amides is 1. The Kier molecular flexibility index (Phi) is 3.16. The topological polar surface area (TPSA) is 102 Å². The largest absolute Gasteiger partial charge is 0.439 e. The lowest BCUT2D eigenvalue weighted by Crippen LogP contribution is -2.12. The average molecular weight is 240 g/mol. The first-order valence-electron chi connectivity index (χ1n) is 4.98. The summed E-state index contributed by atoms with van der Waals surface area (Å²) in [6, 6.07) is 7.89. The lowest BCUT2D eigenvalue weighted by Gasteiger charge is -2.06. The van der Waals surface area contributed by atoms with Crippen LogP contribution in [0.1, 0.15) is 15.9 Å². The van der Waals surface area contributed by atoms with E-state index in [-0.39, 0.29) is 11.1 Å². The number of carbonyl (C=O) groups excluding carboxylic acids is 1. The van der Waals surface area contributed by atoms with Crippen molar-refractivity contribution >= 4 is 5.91 Å². The average Bonchev–Trinajstić information content (AvgIpc) is 2.40. The first-order chi connectivity index (χ1) is 8.70. The Morgan fingerprint density at radius 2 is 2.22 bits per heavy atom. The van der Waals surface area contributed by atoms with E-state index < -0.39 is 5.91 Å². The van der Waals surface area contributed by atoms with Gasteiger partial charge in [0.1, 0.15) is 12.1 Å². The lowest BCUT2D eigenvalue weighted by atomic mass is 10.1. The third kappa shape index (κ3) is 2.41. The number of hydrogen-bond acceptors (Lipinski definition) is 5. The van der Waals surface area contributed by atoms with E-state index in [1.54, 1.807) is 12.1 Å².